The van der Waals surface area contributed by atoms with Crippen LogP contribution < -0.4 is 5.32 Å². The van der Waals surface area contributed by atoms with Crippen molar-refractivity contribution in [1.29, 1.82) is 0 Å². The molecule has 0 aliphatic heterocycles. The summed E-state index contributed by atoms with van der Waals surface area (Å²) in [7, 11) is -3.22. The van der Waals surface area contributed by atoms with Gasteiger partial charge in [-0.1, -0.05) is 18.9 Å². The Morgan fingerprint density at radius 1 is 0.978 bits per heavy atom. The van der Waals surface area contributed by atoms with Gasteiger partial charge in [0.2, 0.25) is 0 Å². The Morgan fingerprint density at radius 3 is 2.63 bits per heavy atom. The first-order chi connectivity index (χ1) is 22.2. The minimum atomic E-state index is -3.22. The van der Waals surface area contributed by atoms with Gasteiger partial charge >= 0.3 is 0 Å². The van der Waals surface area contributed by atoms with Crippen LogP contribution in [0.15, 0.2) is 55.1 Å². The highest BCUT2D eigenvalue weighted by atomic mass is 32.2. The molecule has 5 aromatic heterocycles. The Morgan fingerprint density at radius 2 is 1.80 bits per heavy atom. The van der Waals surface area contributed by atoms with Crippen molar-refractivity contribution in [2.24, 2.45) is 5.92 Å². The second-order valence-corrected chi connectivity index (χ2v) is 14.3. The lowest BCUT2D eigenvalue weighted by Gasteiger charge is -2.11. The van der Waals surface area contributed by atoms with Crippen LogP contribution in [0.2, 0.25) is 0 Å². The van der Waals surface area contributed by atoms with E-state index in [0.29, 0.717) is 51.4 Å². The zero-order valence-electron chi connectivity index (χ0n) is 25.1. The van der Waals surface area contributed by atoms with Gasteiger partial charge in [-0.2, -0.15) is 5.10 Å². The number of sulfone groups is 1. The molecule has 1 aliphatic rings. The Balaban J connectivity index is 1.22. The number of aromatic nitrogens is 7. The number of rotatable bonds is 10. The lowest BCUT2D eigenvalue weighted by Crippen LogP contribution is -2.20. The van der Waals surface area contributed by atoms with Gasteiger partial charge < -0.3 is 10.3 Å². The molecule has 1 aliphatic carbocycles. The molecule has 1 aromatic carbocycles. The van der Waals surface area contributed by atoms with E-state index in [1.54, 1.807) is 30.7 Å². The number of fused-ring (bicyclic) bond motifs is 2. The van der Waals surface area contributed by atoms with E-state index in [1.165, 1.54) is 44.0 Å². The number of H-pyrrole nitrogens is 2. The standard InChI is InChI=1S/C33H32F2N8O2S/c1-46(44,45)9-7-20-10-22(13-24(34)12-20)25-6-8-38-32-30(25)40-33(41-32)31-27-26(42-43-31)18-39-29(28(27)35)23-11-21(16-37-17-23)15-36-14-19-4-2-3-5-19/h6,8,10-13,16-19,36H,2-5,7,9,14-15H2,1H3,(H,42,43)(H,38,40,41). The molecule has 5 heterocycles. The number of aromatic amines is 2. The molecular formula is C33H32F2N8O2S. The molecule has 13 heteroatoms. The lowest BCUT2D eigenvalue weighted by atomic mass is 10.0. The molecular weight excluding hydrogens is 610 g/mol. The van der Waals surface area contributed by atoms with Gasteiger partial charge in [0.15, 0.2) is 17.3 Å². The highest BCUT2D eigenvalue weighted by molar-refractivity contribution is 7.90. The maximum atomic E-state index is 16.3. The summed E-state index contributed by atoms with van der Waals surface area (Å²) in [5.41, 5.74) is 4.81. The molecule has 236 valence electrons. The maximum Gasteiger partial charge on any atom is 0.178 e. The minimum absolute atomic E-state index is 0.0951. The first kappa shape index (κ1) is 30.1. The third kappa shape index (κ3) is 6.24. The van der Waals surface area contributed by atoms with Crippen molar-refractivity contribution >= 4 is 31.9 Å². The number of nitrogens with zero attached hydrogens (tertiary/aromatic N) is 5. The van der Waals surface area contributed by atoms with E-state index in [4.69, 9.17) is 0 Å². The molecule has 0 atom stereocenters. The van der Waals surface area contributed by atoms with Crippen molar-refractivity contribution < 1.29 is 17.2 Å². The van der Waals surface area contributed by atoms with Crippen LogP contribution in [0, 0.1) is 17.6 Å². The number of aryl methyl sites for hydroxylation is 1. The van der Waals surface area contributed by atoms with E-state index in [0.717, 1.165) is 18.4 Å². The van der Waals surface area contributed by atoms with E-state index in [9.17, 15) is 12.8 Å². The van der Waals surface area contributed by atoms with Crippen molar-refractivity contribution in [1.82, 2.24) is 40.4 Å². The predicted octanol–water partition coefficient (Wildman–Crippen LogP) is 5.77. The predicted molar refractivity (Wildman–Crippen MR) is 172 cm³/mol. The minimum Gasteiger partial charge on any atom is -0.335 e. The Labute approximate surface area is 264 Å². The van der Waals surface area contributed by atoms with E-state index in [2.05, 4.69) is 40.4 Å². The third-order valence-corrected chi connectivity index (χ3v) is 9.44. The van der Waals surface area contributed by atoms with Crippen molar-refractivity contribution in [3.05, 3.63) is 77.9 Å². The first-order valence-electron chi connectivity index (χ1n) is 15.2. The molecule has 0 bridgehead atoms. The largest absolute Gasteiger partial charge is 0.335 e. The molecule has 0 amide bonds. The Hall–Kier alpha value is -4.62. The van der Waals surface area contributed by atoms with Gasteiger partial charge in [-0.25, -0.2) is 27.2 Å². The zero-order valence-corrected chi connectivity index (χ0v) is 26.0. The summed E-state index contributed by atoms with van der Waals surface area (Å²) in [6, 6.07) is 8.05. The second kappa shape index (κ2) is 12.3. The normalized spacial score (nSPS) is 14.2. The van der Waals surface area contributed by atoms with Crippen LogP contribution >= 0.6 is 0 Å². The Kier molecular flexibility index (Phi) is 8.03. The van der Waals surface area contributed by atoms with Crippen LogP contribution in [0.5, 0.6) is 0 Å². The average molecular weight is 643 g/mol. The molecule has 6 aromatic rings. The first-order valence-corrected chi connectivity index (χ1v) is 17.3. The van der Waals surface area contributed by atoms with E-state index >= 15 is 4.39 Å². The van der Waals surface area contributed by atoms with E-state index in [-0.39, 0.29) is 34.8 Å². The van der Waals surface area contributed by atoms with Crippen LogP contribution in [-0.4, -0.2) is 62.1 Å². The number of halogens is 2. The summed E-state index contributed by atoms with van der Waals surface area (Å²) < 4.78 is 54.3. The van der Waals surface area contributed by atoms with Gasteiger partial charge in [0.25, 0.3) is 0 Å². The highest BCUT2D eigenvalue weighted by Crippen LogP contribution is 2.34. The summed E-state index contributed by atoms with van der Waals surface area (Å²) in [4.78, 5) is 20.9. The van der Waals surface area contributed by atoms with Gasteiger partial charge in [-0.15, -0.1) is 0 Å². The van der Waals surface area contributed by atoms with Gasteiger partial charge in [0, 0.05) is 42.5 Å². The molecule has 1 fully saturated rings. The summed E-state index contributed by atoms with van der Waals surface area (Å²) in [6.45, 7) is 1.59. The smallest absolute Gasteiger partial charge is 0.178 e. The fourth-order valence-corrected chi connectivity index (χ4v) is 6.82. The Bertz CT molecular complexity index is 2170. The summed E-state index contributed by atoms with van der Waals surface area (Å²) in [5.74, 6) is -0.168. The summed E-state index contributed by atoms with van der Waals surface area (Å²) >= 11 is 0. The molecule has 7 rings (SSSR count). The summed E-state index contributed by atoms with van der Waals surface area (Å²) in [6.07, 6.45) is 12.9. The van der Waals surface area contributed by atoms with Crippen LogP contribution in [0.25, 0.3) is 56.0 Å². The van der Waals surface area contributed by atoms with Crippen LogP contribution in [0.1, 0.15) is 36.8 Å². The third-order valence-electron chi connectivity index (χ3n) is 8.50. The fraction of sp³-hybridized carbons (Fsp3) is 0.303. The number of hydrogen-bond acceptors (Lipinski definition) is 8. The monoisotopic (exact) mass is 642 g/mol. The van der Waals surface area contributed by atoms with Gasteiger partial charge in [0.1, 0.15) is 27.0 Å². The molecule has 46 heavy (non-hydrogen) atoms. The van der Waals surface area contributed by atoms with E-state index < -0.39 is 21.5 Å². The van der Waals surface area contributed by atoms with Crippen LogP contribution in [-0.2, 0) is 22.8 Å². The van der Waals surface area contributed by atoms with Gasteiger partial charge in [-0.05, 0) is 72.7 Å². The summed E-state index contributed by atoms with van der Waals surface area (Å²) in [5, 5.41) is 10.9. The molecule has 0 spiro atoms. The van der Waals surface area contributed by atoms with Gasteiger partial charge in [-0.3, -0.25) is 15.1 Å². The van der Waals surface area contributed by atoms with Crippen molar-refractivity contribution in [2.45, 2.75) is 38.6 Å². The average Bonchev–Trinajstić information content (AvgIpc) is 3.80. The maximum absolute atomic E-state index is 16.3. The number of benzene rings is 1. The number of hydrogen-bond donors (Lipinski definition) is 3. The molecule has 10 nitrogen and oxygen atoms in total. The quantitative estimate of drug-likeness (QED) is 0.171. The molecule has 3 N–H and O–H groups in total. The van der Waals surface area contributed by atoms with Crippen LogP contribution in [0.4, 0.5) is 8.78 Å². The van der Waals surface area contributed by atoms with E-state index in [1.807, 2.05) is 6.07 Å². The topological polar surface area (TPSA) is 142 Å². The van der Waals surface area contributed by atoms with Crippen LogP contribution in [0.3, 0.4) is 0 Å². The van der Waals surface area contributed by atoms with Crippen molar-refractivity contribution in [3.63, 3.8) is 0 Å². The lowest BCUT2D eigenvalue weighted by molar-refractivity contribution is 0.489. The second-order valence-electron chi connectivity index (χ2n) is 12.0. The van der Waals surface area contributed by atoms with Crippen molar-refractivity contribution in [3.8, 4) is 33.9 Å². The number of imidazole rings is 1. The molecule has 1 saturated carbocycles. The zero-order chi connectivity index (χ0) is 31.8. The highest BCUT2D eigenvalue weighted by Gasteiger charge is 2.22. The fourth-order valence-electron chi connectivity index (χ4n) is 6.21. The number of pyridine rings is 3. The molecule has 0 unspecified atom stereocenters. The van der Waals surface area contributed by atoms with Crippen molar-refractivity contribution in [2.75, 3.05) is 18.6 Å². The molecule has 0 radical (unpaired) electrons. The van der Waals surface area contributed by atoms with Gasteiger partial charge in [0.05, 0.1) is 28.4 Å². The number of nitrogens with one attached hydrogen (secondary N) is 3. The SMILES string of the molecule is CS(=O)(=O)CCc1cc(F)cc(-c2ccnc3nc(-c4n[nH]c5cnc(-c6cncc(CNCC7CCCC7)c6)c(F)c45)[nH]c23)c1. The molecule has 0 saturated heterocycles.